The minimum absolute atomic E-state index is 0.114. The first-order valence-corrected chi connectivity index (χ1v) is 12.1. The molecule has 0 saturated carbocycles. The van der Waals surface area contributed by atoms with Crippen molar-refractivity contribution in [2.24, 2.45) is 0 Å². The summed E-state index contributed by atoms with van der Waals surface area (Å²) < 4.78 is 51.0. The van der Waals surface area contributed by atoms with E-state index in [1.807, 2.05) is 41.5 Å². The maximum atomic E-state index is 14.4. The lowest BCUT2D eigenvalue weighted by Gasteiger charge is -2.23. The van der Waals surface area contributed by atoms with Crippen molar-refractivity contribution >= 4 is 23.0 Å². The number of halogens is 2. The molecule has 0 unspecified atom stereocenters. The van der Waals surface area contributed by atoms with E-state index in [0.29, 0.717) is 16.7 Å². The number of aromatic nitrogens is 4. The van der Waals surface area contributed by atoms with Gasteiger partial charge in [-0.15, -0.1) is 0 Å². The number of rotatable bonds is 9. The molecule has 3 aromatic rings. The van der Waals surface area contributed by atoms with E-state index >= 15 is 0 Å². The lowest BCUT2D eigenvalue weighted by Crippen LogP contribution is -2.38. The number of carbonyl (C=O) groups excluding carboxylic acids is 1. The van der Waals surface area contributed by atoms with Gasteiger partial charge in [-0.1, -0.05) is 0 Å². The Kier molecular flexibility index (Phi) is 8.27. The van der Waals surface area contributed by atoms with Crippen molar-refractivity contribution in [3.63, 3.8) is 0 Å². The van der Waals surface area contributed by atoms with Crippen molar-refractivity contribution in [2.45, 2.75) is 78.6 Å². The summed E-state index contributed by atoms with van der Waals surface area (Å²) in [4.78, 5) is 28.4. The third kappa shape index (κ3) is 8.38. The van der Waals surface area contributed by atoms with Crippen LogP contribution in [0.25, 0.3) is 22.4 Å². The molecule has 38 heavy (non-hydrogen) atoms. The summed E-state index contributed by atoms with van der Waals surface area (Å²) in [7, 11) is 0. The maximum Gasteiger partial charge on any atom is 0.407 e. The van der Waals surface area contributed by atoms with Gasteiger partial charge >= 0.3 is 12.1 Å². The Morgan fingerprint density at radius 1 is 1.05 bits per heavy atom. The predicted molar refractivity (Wildman–Crippen MR) is 137 cm³/mol. The summed E-state index contributed by atoms with van der Waals surface area (Å²) >= 11 is 0. The second-order valence-corrected chi connectivity index (χ2v) is 10.9. The molecule has 11 nitrogen and oxygen atoms in total. The number of fused-ring (bicyclic) bond motifs is 1. The SMILES string of the molecule is CC(C)NC(=O)OCC(F)(F)CNc1ncnc2oc(-c3cnc(OC(C)(C)C)nc3OC(C)(C)C)cc12. The van der Waals surface area contributed by atoms with Gasteiger partial charge in [-0.25, -0.2) is 28.5 Å². The molecule has 208 valence electrons. The Balaban J connectivity index is 1.86. The zero-order valence-corrected chi connectivity index (χ0v) is 22.8. The van der Waals surface area contributed by atoms with Crippen LogP contribution >= 0.6 is 0 Å². The quantitative estimate of drug-likeness (QED) is 0.375. The van der Waals surface area contributed by atoms with E-state index in [0.717, 1.165) is 0 Å². The summed E-state index contributed by atoms with van der Waals surface area (Å²) in [5, 5.41) is 5.33. The second-order valence-electron chi connectivity index (χ2n) is 10.9. The Hall–Kier alpha value is -3.77. The number of carbonyl (C=O) groups is 1. The maximum absolute atomic E-state index is 14.4. The van der Waals surface area contributed by atoms with E-state index < -0.39 is 36.4 Å². The molecule has 3 heterocycles. The van der Waals surface area contributed by atoms with Crippen LogP contribution in [0.2, 0.25) is 0 Å². The van der Waals surface area contributed by atoms with Crippen LogP contribution in [-0.2, 0) is 4.74 Å². The fourth-order valence-corrected chi connectivity index (χ4v) is 3.05. The highest BCUT2D eigenvalue weighted by Gasteiger charge is 2.32. The van der Waals surface area contributed by atoms with Crippen molar-refractivity contribution in [1.29, 1.82) is 0 Å². The second kappa shape index (κ2) is 10.9. The van der Waals surface area contributed by atoms with Gasteiger partial charge in [-0.2, -0.15) is 4.98 Å². The number of hydrogen-bond donors (Lipinski definition) is 2. The summed E-state index contributed by atoms with van der Waals surface area (Å²) in [6.45, 7) is 12.7. The largest absolute Gasteiger partial charge is 0.471 e. The molecule has 0 aliphatic heterocycles. The molecule has 0 aromatic carbocycles. The molecule has 0 radical (unpaired) electrons. The van der Waals surface area contributed by atoms with Crippen molar-refractivity contribution < 1.29 is 32.2 Å². The summed E-state index contributed by atoms with van der Waals surface area (Å²) in [6, 6.07) is 1.48. The lowest BCUT2D eigenvalue weighted by molar-refractivity contribution is -0.0434. The van der Waals surface area contributed by atoms with E-state index in [9.17, 15) is 13.6 Å². The fourth-order valence-electron chi connectivity index (χ4n) is 3.05. The summed E-state index contributed by atoms with van der Waals surface area (Å²) in [6.07, 6.45) is 1.77. The molecule has 3 rings (SSSR count). The highest BCUT2D eigenvalue weighted by atomic mass is 19.3. The van der Waals surface area contributed by atoms with Gasteiger partial charge in [0.15, 0.2) is 6.61 Å². The van der Waals surface area contributed by atoms with E-state index in [4.69, 9.17) is 13.9 Å². The molecule has 2 N–H and O–H groups in total. The standard InChI is InChI=1S/C25H34F2N6O5/c1-14(2)32-22(34)35-12-25(26,27)11-29-18-15-9-17(36-19(15)31-13-30-18)16-10-28-21(38-24(6,7)8)33-20(16)37-23(3,4)5/h9-10,13-14H,11-12H2,1-8H3,(H,32,34)(H,29,30,31). The zero-order valence-electron chi connectivity index (χ0n) is 22.8. The van der Waals surface area contributed by atoms with Gasteiger partial charge in [0, 0.05) is 12.2 Å². The van der Waals surface area contributed by atoms with Gasteiger partial charge in [0.05, 0.1) is 17.5 Å². The highest BCUT2D eigenvalue weighted by molar-refractivity contribution is 5.89. The van der Waals surface area contributed by atoms with E-state index in [2.05, 4.69) is 35.3 Å². The summed E-state index contributed by atoms with van der Waals surface area (Å²) in [5.74, 6) is -2.73. The topological polar surface area (TPSA) is 134 Å². The third-order valence-corrected chi connectivity index (χ3v) is 4.46. The number of furan rings is 1. The molecule has 3 aromatic heterocycles. The molecule has 0 aliphatic carbocycles. The van der Waals surface area contributed by atoms with Crippen molar-refractivity contribution in [2.75, 3.05) is 18.5 Å². The number of hydrogen-bond acceptors (Lipinski definition) is 10. The molecule has 0 saturated heterocycles. The number of ether oxygens (including phenoxy) is 3. The van der Waals surface area contributed by atoms with E-state index in [1.165, 1.54) is 12.5 Å². The Morgan fingerprint density at radius 3 is 2.37 bits per heavy atom. The molecule has 0 bridgehead atoms. The molecule has 0 spiro atoms. The molecular weight excluding hydrogens is 502 g/mol. The van der Waals surface area contributed by atoms with Crippen LogP contribution in [-0.4, -0.2) is 62.3 Å². The van der Waals surface area contributed by atoms with Crippen LogP contribution in [0.4, 0.5) is 19.4 Å². The Bertz CT molecular complexity index is 1270. The molecule has 0 atom stereocenters. The average Bonchev–Trinajstić information content (AvgIpc) is 3.18. The van der Waals surface area contributed by atoms with Gasteiger partial charge in [0.1, 0.15) is 29.1 Å². The van der Waals surface area contributed by atoms with Crippen molar-refractivity contribution in [1.82, 2.24) is 25.3 Å². The van der Waals surface area contributed by atoms with Crippen LogP contribution in [0.3, 0.4) is 0 Å². The number of nitrogens with one attached hydrogen (secondary N) is 2. The van der Waals surface area contributed by atoms with E-state index in [-0.39, 0.29) is 29.5 Å². The molecule has 0 fully saturated rings. The number of anilines is 1. The van der Waals surface area contributed by atoms with Gasteiger partial charge in [0.25, 0.3) is 5.92 Å². The fraction of sp³-hybridized carbons (Fsp3) is 0.560. The number of amides is 1. The molecule has 13 heteroatoms. The molecular formula is C25H34F2N6O5. The monoisotopic (exact) mass is 536 g/mol. The van der Waals surface area contributed by atoms with Crippen LogP contribution in [0, 0.1) is 0 Å². The van der Waals surface area contributed by atoms with Crippen LogP contribution in [0.1, 0.15) is 55.4 Å². The third-order valence-electron chi connectivity index (χ3n) is 4.46. The first-order valence-electron chi connectivity index (χ1n) is 12.1. The number of nitrogens with zero attached hydrogens (tertiary/aromatic N) is 4. The Labute approximate surface area is 219 Å². The Morgan fingerprint density at radius 2 is 1.74 bits per heavy atom. The van der Waals surface area contributed by atoms with Crippen molar-refractivity contribution in [3.05, 3.63) is 18.6 Å². The lowest BCUT2D eigenvalue weighted by atomic mass is 10.2. The number of alkyl halides is 2. The van der Waals surface area contributed by atoms with Crippen molar-refractivity contribution in [3.8, 4) is 23.2 Å². The van der Waals surface area contributed by atoms with Gasteiger partial charge in [-0.3, -0.25) is 0 Å². The summed E-state index contributed by atoms with van der Waals surface area (Å²) in [5.41, 5.74) is -0.549. The minimum atomic E-state index is -3.36. The van der Waals surface area contributed by atoms with E-state index in [1.54, 1.807) is 19.9 Å². The highest BCUT2D eigenvalue weighted by Crippen LogP contribution is 2.36. The smallest absolute Gasteiger partial charge is 0.407 e. The first-order chi connectivity index (χ1) is 17.5. The first kappa shape index (κ1) is 28.8. The van der Waals surface area contributed by atoms with Crippen LogP contribution in [0.15, 0.2) is 23.0 Å². The number of alkyl carbamates (subject to hydrolysis) is 1. The normalized spacial score (nSPS) is 12.5. The molecule has 0 aliphatic rings. The van der Waals surface area contributed by atoms with Gasteiger partial charge in [-0.05, 0) is 61.5 Å². The van der Waals surface area contributed by atoms with Gasteiger partial charge < -0.3 is 29.3 Å². The predicted octanol–water partition coefficient (Wildman–Crippen LogP) is 5.22. The average molecular weight is 537 g/mol. The van der Waals surface area contributed by atoms with Gasteiger partial charge in [0.2, 0.25) is 11.6 Å². The minimum Gasteiger partial charge on any atom is -0.471 e. The molecule has 1 amide bonds. The van der Waals surface area contributed by atoms with Crippen LogP contribution in [0.5, 0.6) is 11.9 Å². The van der Waals surface area contributed by atoms with Crippen LogP contribution < -0.4 is 20.1 Å². The zero-order chi connectivity index (χ0) is 28.3.